The topological polar surface area (TPSA) is 101 Å². The summed E-state index contributed by atoms with van der Waals surface area (Å²) in [5.41, 5.74) is 4.33. The van der Waals surface area contributed by atoms with Crippen LogP contribution in [0.2, 0.25) is 0 Å². The van der Waals surface area contributed by atoms with E-state index >= 15 is 0 Å². The summed E-state index contributed by atoms with van der Waals surface area (Å²) in [6, 6.07) is 19.2. The molecule has 0 saturated heterocycles. The van der Waals surface area contributed by atoms with Gasteiger partial charge in [-0.1, -0.05) is 29.8 Å². The highest BCUT2D eigenvalue weighted by Gasteiger charge is 2.21. The van der Waals surface area contributed by atoms with Gasteiger partial charge in [0, 0.05) is 17.8 Å². The van der Waals surface area contributed by atoms with E-state index in [0.29, 0.717) is 40.9 Å². The monoisotopic (exact) mass is 451 g/mol. The van der Waals surface area contributed by atoms with Gasteiger partial charge in [-0.25, -0.2) is 9.78 Å². The Morgan fingerprint density at radius 1 is 1.03 bits per heavy atom. The predicted molar refractivity (Wildman–Crippen MR) is 131 cm³/mol. The Bertz CT molecular complexity index is 1550. The van der Waals surface area contributed by atoms with Crippen molar-refractivity contribution in [3.63, 3.8) is 0 Å². The lowest BCUT2D eigenvalue weighted by atomic mass is 10.1. The smallest absolute Gasteiger partial charge is 0.335 e. The SMILES string of the molecule is Cc1ccc(C(=O)Nc2cccc(/C=C3\CCn4c3nc3cc(C(=O)O)ccc3c4=O)c2)cc1. The summed E-state index contributed by atoms with van der Waals surface area (Å²) in [6.45, 7) is 2.48. The summed E-state index contributed by atoms with van der Waals surface area (Å²) in [7, 11) is 0. The van der Waals surface area contributed by atoms with E-state index in [1.807, 2.05) is 49.4 Å². The number of hydrogen-bond donors (Lipinski definition) is 2. The van der Waals surface area contributed by atoms with E-state index in [9.17, 15) is 19.5 Å². The molecule has 0 fully saturated rings. The summed E-state index contributed by atoms with van der Waals surface area (Å²) >= 11 is 0. The first-order chi connectivity index (χ1) is 16.4. The number of aromatic nitrogens is 2. The lowest BCUT2D eigenvalue weighted by Crippen LogP contribution is -2.21. The summed E-state index contributed by atoms with van der Waals surface area (Å²) in [5.74, 6) is -0.719. The van der Waals surface area contributed by atoms with E-state index in [-0.39, 0.29) is 17.0 Å². The van der Waals surface area contributed by atoms with Crippen LogP contribution in [0.5, 0.6) is 0 Å². The van der Waals surface area contributed by atoms with Crippen molar-refractivity contribution in [1.82, 2.24) is 9.55 Å². The van der Waals surface area contributed by atoms with Gasteiger partial charge in [-0.3, -0.25) is 14.2 Å². The second-order valence-corrected chi connectivity index (χ2v) is 8.29. The molecule has 1 aliphatic heterocycles. The first-order valence-electron chi connectivity index (χ1n) is 10.9. The van der Waals surface area contributed by atoms with Gasteiger partial charge in [0.1, 0.15) is 5.82 Å². The van der Waals surface area contributed by atoms with Crippen LogP contribution in [0.15, 0.2) is 71.5 Å². The zero-order valence-electron chi connectivity index (χ0n) is 18.4. The van der Waals surface area contributed by atoms with Gasteiger partial charge in [0.05, 0.1) is 16.5 Å². The summed E-state index contributed by atoms with van der Waals surface area (Å²) < 4.78 is 1.62. The Balaban J connectivity index is 1.47. The zero-order valence-corrected chi connectivity index (χ0v) is 18.4. The van der Waals surface area contributed by atoms with Crippen LogP contribution in [0.4, 0.5) is 5.69 Å². The molecule has 168 valence electrons. The number of fused-ring (bicyclic) bond motifs is 2. The summed E-state index contributed by atoms with van der Waals surface area (Å²) in [5, 5.41) is 12.6. The maximum atomic E-state index is 12.9. The Morgan fingerprint density at radius 2 is 1.79 bits per heavy atom. The molecule has 3 aromatic carbocycles. The Kier molecular flexibility index (Phi) is 5.30. The van der Waals surface area contributed by atoms with Gasteiger partial charge in [0.25, 0.3) is 11.5 Å². The summed E-state index contributed by atoms with van der Waals surface area (Å²) in [4.78, 5) is 41.4. The Labute approximate surface area is 195 Å². The molecule has 2 N–H and O–H groups in total. The highest BCUT2D eigenvalue weighted by molar-refractivity contribution is 6.04. The zero-order chi connectivity index (χ0) is 23.8. The predicted octanol–water partition coefficient (Wildman–Crippen LogP) is 4.60. The molecular weight excluding hydrogens is 430 g/mol. The number of aromatic carboxylic acids is 1. The van der Waals surface area contributed by atoms with Gasteiger partial charge < -0.3 is 10.4 Å². The lowest BCUT2D eigenvalue weighted by Gasteiger charge is -2.08. The normalized spacial score (nSPS) is 13.7. The number of amides is 1. The van der Waals surface area contributed by atoms with Crippen LogP contribution in [0.3, 0.4) is 0 Å². The van der Waals surface area contributed by atoms with Crippen LogP contribution in [0.25, 0.3) is 22.6 Å². The second-order valence-electron chi connectivity index (χ2n) is 8.29. The van der Waals surface area contributed by atoms with Crippen molar-refractivity contribution in [3.8, 4) is 0 Å². The van der Waals surface area contributed by atoms with Gasteiger partial charge in [0.15, 0.2) is 0 Å². The third kappa shape index (κ3) is 3.99. The van der Waals surface area contributed by atoms with Crippen molar-refractivity contribution in [2.45, 2.75) is 19.9 Å². The van der Waals surface area contributed by atoms with Crippen molar-refractivity contribution in [2.75, 3.05) is 5.32 Å². The molecule has 4 aromatic rings. The van der Waals surface area contributed by atoms with Crippen LogP contribution < -0.4 is 10.9 Å². The van der Waals surface area contributed by atoms with Crippen LogP contribution in [-0.4, -0.2) is 26.5 Å². The maximum absolute atomic E-state index is 12.9. The van der Waals surface area contributed by atoms with Gasteiger partial charge in [-0.15, -0.1) is 0 Å². The number of allylic oxidation sites excluding steroid dienone is 1. The fraction of sp³-hybridized carbons (Fsp3) is 0.111. The van der Waals surface area contributed by atoms with E-state index in [1.54, 1.807) is 16.7 Å². The molecular formula is C27H21N3O4. The number of carbonyl (C=O) groups excluding carboxylic acids is 1. The molecule has 1 aliphatic rings. The quantitative estimate of drug-likeness (QED) is 0.472. The van der Waals surface area contributed by atoms with Crippen molar-refractivity contribution in [3.05, 3.63) is 105 Å². The van der Waals surface area contributed by atoms with E-state index in [0.717, 1.165) is 16.7 Å². The van der Waals surface area contributed by atoms with E-state index in [1.165, 1.54) is 18.2 Å². The van der Waals surface area contributed by atoms with E-state index in [2.05, 4.69) is 10.3 Å². The number of hydrogen-bond acceptors (Lipinski definition) is 4. The van der Waals surface area contributed by atoms with Gasteiger partial charge in [-0.05, 0) is 73.0 Å². The van der Waals surface area contributed by atoms with Crippen molar-refractivity contribution in [2.24, 2.45) is 0 Å². The van der Waals surface area contributed by atoms with Crippen LogP contribution >= 0.6 is 0 Å². The Morgan fingerprint density at radius 3 is 2.56 bits per heavy atom. The standard InChI is InChI=1S/C27H21N3O4/c1-16-5-7-18(8-6-16)25(31)28-21-4-2-3-17(14-21)13-19-11-12-30-24(19)29-23-15-20(27(33)34)9-10-22(23)26(30)32/h2-10,13-15H,11-12H2,1H3,(H,28,31)(H,33,34)/b19-13+. The molecule has 0 unspecified atom stereocenters. The fourth-order valence-electron chi connectivity index (χ4n) is 4.10. The average Bonchev–Trinajstić information content (AvgIpc) is 3.22. The number of carboxylic acids is 1. The minimum Gasteiger partial charge on any atom is -0.478 e. The van der Waals surface area contributed by atoms with Gasteiger partial charge in [0.2, 0.25) is 0 Å². The molecule has 0 atom stereocenters. The minimum absolute atomic E-state index is 0.0879. The molecule has 2 heterocycles. The maximum Gasteiger partial charge on any atom is 0.335 e. The van der Waals surface area contributed by atoms with Crippen molar-refractivity contribution in [1.29, 1.82) is 0 Å². The molecule has 0 radical (unpaired) electrons. The number of nitrogens with one attached hydrogen (secondary N) is 1. The molecule has 7 heteroatoms. The first-order valence-corrected chi connectivity index (χ1v) is 10.9. The number of benzene rings is 3. The first kappa shape index (κ1) is 21.3. The van der Waals surface area contributed by atoms with Gasteiger partial charge >= 0.3 is 5.97 Å². The molecule has 34 heavy (non-hydrogen) atoms. The molecule has 1 aromatic heterocycles. The van der Waals surface area contributed by atoms with Crippen LogP contribution in [0.1, 0.15) is 44.1 Å². The second kappa shape index (κ2) is 8.44. The average molecular weight is 451 g/mol. The highest BCUT2D eigenvalue weighted by atomic mass is 16.4. The largest absolute Gasteiger partial charge is 0.478 e. The number of anilines is 1. The number of nitrogens with zero attached hydrogens (tertiary/aromatic N) is 2. The lowest BCUT2D eigenvalue weighted by molar-refractivity contribution is 0.0696. The Hall–Kier alpha value is -4.52. The number of aryl methyl sites for hydroxylation is 1. The minimum atomic E-state index is -1.07. The van der Waals surface area contributed by atoms with E-state index < -0.39 is 5.97 Å². The van der Waals surface area contributed by atoms with Crippen molar-refractivity contribution >= 4 is 40.1 Å². The van der Waals surface area contributed by atoms with Crippen LogP contribution in [-0.2, 0) is 6.54 Å². The van der Waals surface area contributed by atoms with E-state index in [4.69, 9.17) is 0 Å². The number of carboxylic acid groups (broad SMARTS) is 1. The number of rotatable bonds is 4. The third-order valence-electron chi connectivity index (χ3n) is 5.89. The molecule has 1 amide bonds. The molecule has 0 aliphatic carbocycles. The number of carbonyl (C=O) groups is 2. The van der Waals surface area contributed by atoms with Crippen LogP contribution in [0, 0.1) is 6.92 Å². The molecule has 0 spiro atoms. The molecule has 0 bridgehead atoms. The highest BCUT2D eigenvalue weighted by Crippen LogP contribution is 2.28. The molecule has 5 rings (SSSR count). The van der Waals surface area contributed by atoms with Gasteiger partial charge in [-0.2, -0.15) is 0 Å². The summed E-state index contributed by atoms with van der Waals surface area (Å²) in [6.07, 6.45) is 2.57. The molecule has 7 nitrogen and oxygen atoms in total. The molecule has 0 saturated carbocycles. The van der Waals surface area contributed by atoms with Crippen molar-refractivity contribution < 1.29 is 14.7 Å². The third-order valence-corrected chi connectivity index (χ3v) is 5.89. The fourth-order valence-corrected chi connectivity index (χ4v) is 4.10.